The lowest BCUT2D eigenvalue weighted by molar-refractivity contribution is -0.142. The number of esters is 1. The fraction of sp³-hybridized carbons (Fsp3) is 0.294. The summed E-state index contributed by atoms with van der Waals surface area (Å²) in [6.45, 7) is 4.49. The van der Waals surface area contributed by atoms with Crippen LogP contribution in [-0.4, -0.2) is 40.1 Å². The Balaban J connectivity index is 2.07. The molecule has 2 heterocycles. The number of aromatic nitrogens is 4. The number of nitrogens with one attached hydrogen (secondary N) is 1. The van der Waals surface area contributed by atoms with Gasteiger partial charge in [0.05, 0.1) is 27.4 Å². The molecule has 9 nitrogen and oxygen atoms in total. The van der Waals surface area contributed by atoms with E-state index in [1.54, 1.807) is 13.8 Å². The van der Waals surface area contributed by atoms with Crippen LogP contribution < -0.4 is 4.72 Å². The standard InChI is InChI=1S/C17H14Cl2F3N5O4S/c1-7(2)31-14(28)9-4-5-10(18)13(12(9)19)26-32(29,30)16-24-15-23-8(3)6-11(17(20,21)22)27(15)25-16/h4-7,26H,1-3H3. The number of benzene rings is 1. The summed E-state index contributed by atoms with van der Waals surface area (Å²) in [5.41, 5.74) is -1.88. The molecule has 0 spiro atoms. The van der Waals surface area contributed by atoms with E-state index in [1.165, 1.54) is 19.1 Å². The first-order valence-corrected chi connectivity index (χ1v) is 11.0. The Morgan fingerprint density at radius 2 is 1.88 bits per heavy atom. The largest absolute Gasteiger partial charge is 0.459 e. The number of hydrogen-bond donors (Lipinski definition) is 1. The topological polar surface area (TPSA) is 116 Å². The quantitative estimate of drug-likeness (QED) is 0.512. The van der Waals surface area contributed by atoms with E-state index in [4.69, 9.17) is 27.9 Å². The van der Waals surface area contributed by atoms with Crippen LogP contribution in [0.15, 0.2) is 23.4 Å². The van der Waals surface area contributed by atoms with Crippen molar-refractivity contribution in [3.8, 4) is 0 Å². The second-order valence-electron chi connectivity index (χ2n) is 6.73. The third kappa shape index (κ3) is 4.74. The Morgan fingerprint density at radius 1 is 1.22 bits per heavy atom. The van der Waals surface area contributed by atoms with E-state index in [-0.39, 0.29) is 25.8 Å². The zero-order chi connectivity index (χ0) is 24.0. The van der Waals surface area contributed by atoms with Gasteiger partial charge in [0.2, 0.25) is 0 Å². The van der Waals surface area contributed by atoms with E-state index in [9.17, 15) is 26.4 Å². The number of aryl methyl sites for hydroxylation is 1. The molecule has 0 radical (unpaired) electrons. The maximum Gasteiger partial charge on any atom is 0.433 e. The fourth-order valence-corrected chi connectivity index (χ4v) is 4.16. The molecule has 0 fully saturated rings. The van der Waals surface area contributed by atoms with Crippen LogP contribution >= 0.6 is 23.2 Å². The first-order valence-electron chi connectivity index (χ1n) is 8.74. The molecule has 0 atom stereocenters. The zero-order valence-electron chi connectivity index (χ0n) is 16.5. The summed E-state index contributed by atoms with van der Waals surface area (Å²) >= 11 is 12.2. The number of carbonyl (C=O) groups excluding carboxylic acids is 1. The van der Waals surface area contributed by atoms with Crippen LogP contribution in [0.4, 0.5) is 18.9 Å². The van der Waals surface area contributed by atoms with Crippen LogP contribution in [0.1, 0.15) is 35.6 Å². The highest BCUT2D eigenvalue weighted by molar-refractivity contribution is 7.92. The van der Waals surface area contributed by atoms with Gasteiger partial charge in [-0.3, -0.25) is 4.72 Å². The van der Waals surface area contributed by atoms with Crippen molar-refractivity contribution < 1.29 is 31.1 Å². The number of rotatable bonds is 5. The monoisotopic (exact) mass is 511 g/mol. The highest BCUT2D eigenvalue weighted by atomic mass is 35.5. The molecule has 0 saturated heterocycles. The van der Waals surface area contributed by atoms with Crippen LogP contribution in [0.25, 0.3) is 5.78 Å². The molecule has 2 aromatic heterocycles. The summed E-state index contributed by atoms with van der Waals surface area (Å²) in [5.74, 6) is -1.41. The maximum atomic E-state index is 13.3. The molecule has 1 N–H and O–H groups in total. The van der Waals surface area contributed by atoms with E-state index in [1.807, 2.05) is 4.72 Å². The molecule has 3 rings (SSSR count). The molecule has 3 aromatic rings. The third-order valence-corrected chi connectivity index (χ3v) is 5.68. The van der Waals surface area contributed by atoms with Gasteiger partial charge < -0.3 is 4.74 Å². The van der Waals surface area contributed by atoms with Crippen LogP contribution in [0, 0.1) is 6.92 Å². The molecule has 0 amide bonds. The Bertz CT molecular complexity index is 1330. The van der Waals surface area contributed by atoms with Gasteiger partial charge >= 0.3 is 12.1 Å². The van der Waals surface area contributed by atoms with Gasteiger partial charge in [-0.15, -0.1) is 5.10 Å². The number of nitrogens with zero attached hydrogens (tertiary/aromatic N) is 4. The van der Waals surface area contributed by atoms with Crippen molar-refractivity contribution >= 4 is 50.7 Å². The lowest BCUT2D eigenvalue weighted by Crippen LogP contribution is -2.18. The molecular formula is C17H14Cl2F3N5O4S. The Labute approximate surface area is 189 Å². The molecule has 32 heavy (non-hydrogen) atoms. The summed E-state index contributed by atoms with van der Waals surface area (Å²) < 4.78 is 72.8. The van der Waals surface area contributed by atoms with Gasteiger partial charge in [-0.2, -0.15) is 31.1 Å². The van der Waals surface area contributed by atoms with Crippen LogP contribution in [0.2, 0.25) is 10.0 Å². The SMILES string of the molecule is Cc1cc(C(F)(F)F)n2nc(S(=O)(=O)Nc3c(Cl)ccc(C(=O)OC(C)C)c3Cl)nc2n1. The van der Waals surface area contributed by atoms with E-state index < -0.39 is 50.6 Å². The van der Waals surface area contributed by atoms with Crippen molar-refractivity contribution in [2.45, 2.75) is 38.2 Å². The summed E-state index contributed by atoms with van der Waals surface area (Å²) in [6, 6.07) is 3.13. The van der Waals surface area contributed by atoms with Crippen LogP contribution in [0.5, 0.6) is 0 Å². The number of alkyl halides is 3. The minimum atomic E-state index is -4.84. The number of sulfonamides is 1. The number of halogens is 5. The van der Waals surface area contributed by atoms with Crippen molar-refractivity contribution in [3.05, 3.63) is 45.2 Å². The summed E-state index contributed by atoms with van der Waals surface area (Å²) in [5, 5.41) is 1.87. The smallest absolute Gasteiger partial charge is 0.433 e. The molecule has 172 valence electrons. The minimum Gasteiger partial charge on any atom is -0.459 e. The second kappa shape index (κ2) is 8.37. The van der Waals surface area contributed by atoms with Gasteiger partial charge in [-0.05, 0) is 39.0 Å². The Morgan fingerprint density at radius 3 is 2.47 bits per heavy atom. The van der Waals surface area contributed by atoms with Gasteiger partial charge in [0.15, 0.2) is 5.69 Å². The van der Waals surface area contributed by atoms with Crippen LogP contribution in [0.3, 0.4) is 0 Å². The van der Waals surface area contributed by atoms with E-state index in [2.05, 4.69) is 15.1 Å². The van der Waals surface area contributed by atoms with E-state index >= 15 is 0 Å². The first kappa shape index (κ1) is 24.0. The first-order chi connectivity index (χ1) is 14.7. The van der Waals surface area contributed by atoms with E-state index in [0.717, 1.165) is 0 Å². The number of carbonyl (C=O) groups is 1. The molecule has 1 aromatic carbocycles. The molecule has 15 heteroatoms. The van der Waals surface area contributed by atoms with Crippen molar-refractivity contribution in [3.63, 3.8) is 0 Å². The molecule has 0 unspecified atom stereocenters. The predicted octanol–water partition coefficient (Wildman–Crippen LogP) is 4.12. The average Bonchev–Trinajstić information content (AvgIpc) is 3.07. The molecule has 0 aliphatic rings. The fourth-order valence-electron chi connectivity index (χ4n) is 2.55. The van der Waals surface area contributed by atoms with Gasteiger partial charge in [0.1, 0.15) is 0 Å². The molecular weight excluding hydrogens is 498 g/mol. The molecule has 0 saturated carbocycles. The Kier molecular flexibility index (Phi) is 6.28. The minimum absolute atomic E-state index is 0.0448. The number of anilines is 1. The Hall–Kier alpha value is -2.64. The van der Waals surface area contributed by atoms with Crippen molar-refractivity contribution in [2.24, 2.45) is 0 Å². The van der Waals surface area contributed by atoms with Crippen molar-refractivity contribution in [1.82, 2.24) is 19.6 Å². The number of fused-ring (bicyclic) bond motifs is 1. The molecule has 0 aliphatic carbocycles. The maximum absolute atomic E-state index is 13.3. The van der Waals surface area contributed by atoms with Crippen molar-refractivity contribution in [1.29, 1.82) is 0 Å². The lowest BCUT2D eigenvalue weighted by Gasteiger charge is -2.13. The van der Waals surface area contributed by atoms with Gasteiger partial charge in [-0.1, -0.05) is 23.2 Å². The number of ether oxygens (including phenoxy) is 1. The van der Waals surface area contributed by atoms with Crippen LogP contribution in [-0.2, 0) is 20.9 Å². The van der Waals surface area contributed by atoms with Crippen molar-refractivity contribution in [2.75, 3.05) is 4.72 Å². The zero-order valence-corrected chi connectivity index (χ0v) is 18.9. The molecule has 0 aliphatic heterocycles. The summed E-state index contributed by atoms with van der Waals surface area (Å²) in [7, 11) is -4.68. The predicted molar refractivity (Wildman–Crippen MR) is 108 cm³/mol. The normalized spacial score (nSPS) is 12.4. The van der Waals surface area contributed by atoms with Gasteiger partial charge in [0, 0.05) is 5.69 Å². The molecule has 0 bridgehead atoms. The lowest BCUT2D eigenvalue weighted by atomic mass is 10.2. The second-order valence-corrected chi connectivity index (χ2v) is 9.09. The van der Waals surface area contributed by atoms with Gasteiger partial charge in [0.25, 0.3) is 21.0 Å². The summed E-state index contributed by atoms with van der Waals surface area (Å²) in [6.07, 6.45) is -5.32. The summed E-state index contributed by atoms with van der Waals surface area (Å²) in [4.78, 5) is 19.5. The van der Waals surface area contributed by atoms with Gasteiger partial charge in [-0.25, -0.2) is 9.78 Å². The number of hydrogen-bond acceptors (Lipinski definition) is 7. The highest BCUT2D eigenvalue weighted by Gasteiger charge is 2.36. The highest BCUT2D eigenvalue weighted by Crippen LogP contribution is 2.35. The van der Waals surface area contributed by atoms with E-state index in [0.29, 0.717) is 6.07 Å². The average molecular weight is 512 g/mol. The third-order valence-electron chi connectivity index (χ3n) is 3.84.